The molecule has 0 aliphatic heterocycles. The smallest absolute Gasteiger partial charge is 0.0406 e. The number of hydrogen-bond acceptors (Lipinski definition) is 1. The maximum absolute atomic E-state index is 5.96. The molecule has 0 heterocycles. The predicted octanol–water partition coefficient (Wildman–Crippen LogP) is 3.76. The van der Waals surface area contributed by atoms with Crippen molar-refractivity contribution in [3.63, 3.8) is 0 Å². The highest BCUT2D eigenvalue weighted by Gasteiger charge is 2.53. The molecule has 0 radical (unpaired) electrons. The van der Waals surface area contributed by atoms with Crippen LogP contribution in [-0.4, -0.2) is 12.6 Å². The second-order valence-corrected chi connectivity index (χ2v) is 6.04. The molecule has 1 N–H and O–H groups in total. The second kappa shape index (κ2) is 4.29. The summed E-state index contributed by atoms with van der Waals surface area (Å²) in [5, 5.41) is 4.50. The zero-order valence-corrected chi connectivity index (χ0v) is 11.1. The molecule has 1 aromatic rings. The van der Waals surface area contributed by atoms with Crippen LogP contribution in [0.1, 0.15) is 38.2 Å². The Hall–Kier alpha value is -0.530. The van der Waals surface area contributed by atoms with Gasteiger partial charge in [0.15, 0.2) is 0 Å². The van der Waals surface area contributed by atoms with E-state index in [4.69, 9.17) is 11.6 Å². The lowest BCUT2D eigenvalue weighted by molar-refractivity contribution is 0.537. The first-order valence-corrected chi connectivity index (χ1v) is 7.12. The van der Waals surface area contributed by atoms with Crippen LogP contribution in [0.4, 0.5) is 0 Å². The molecule has 2 heteroatoms. The van der Waals surface area contributed by atoms with Gasteiger partial charge in [0, 0.05) is 11.1 Å². The van der Waals surface area contributed by atoms with Crippen molar-refractivity contribution in [1.82, 2.24) is 5.32 Å². The van der Waals surface area contributed by atoms with Gasteiger partial charge in [0.25, 0.3) is 0 Å². The number of benzene rings is 1. The van der Waals surface area contributed by atoms with Crippen molar-refractivity contribution in [3.05, 3.63) is 34.9 Å². The molecule has 2 saturated carbocycles. The van der Waals surface area contributed by atoms with E-state index in [1.165, 1.54) is 37.8 Å². The van der Waals surface area contributed by atoms with Crippen molar-refractivity contribution in [3.8, 4) is 0 Å². The van der Waals surface area contributed by atoms with Gasteiger partial charge in [-0.15, -0.1) is 0 Å². The van der Waals surface area contributed by atoms with E-state index in [0.717, 1.165) is 17.0 Å². The van der Waals surface area contributed by atoms with Crippen LogP contribution in [0.2, 0.25) is 5.02 Å². The van der Waals surface area contributed by atoms with Crippen molar-refractivity contribution in [2.24, 2.45) is 5.92 Å². The van der Waals surface area contributed by atoms with Gasteiger partial charge in [-0.25, -0.2) is 0 Å². The van der Waals surface area contributed by atoms with E-state index in [0.29, 0.717) is 5.41 Å². The van der Waals surface area contributed by atoms with Crippen molar-refractivity contribution >= 4 is 11.6 Å². The van der Waals surface area contributed by atoms with Crippen LogP contribution in [0, 0.1) is 5.92 Å². The van der Waals surface area contributed by atoms with Crippen LogP contribution < -0.4 is 5.32 Å². The summed E-state index contributed by atoms with van der Waals surface area (Å²) in [5.41, 5.74) is 1.92. The Morgan fingerprint density at radius 2 is 2.00 bits per heavy atom. The fourth-order valence-corrected chi connectivity index (χ4v) is 3.14. The van der Waals surface area contributed by atoms with Crippen LogP contribution in [0.25, 0.3) is 0 Å². The Morgan fingerprint density at radius 1 is 1.29 bits per heavy atom. The normalized spacial score (nSPS) is 31.5. The van der Waals surface area contributed by atoms with Gasteiger partial charge in [-0.3, -0.25) is 0 Å². The molecule has 1 nitrogen and oxygen atoms in total. The van der Waals surface area contributed by atoms with Crippen LogP contribution in [0.15, 0.2) is 24.3 Å². The average molecular weight is 250 g/mol. The fourth-order valence-electron chi connectivity index (χ4n) is 3.02. The van der Waals surface area contributed by atoms with Crippen molar-refractivity contribution in [2.75, 3.05) is 6.54 Å². The molecule has 2 unspecified atom stereocenters. The highest BCUT2D eigenvalue weighted by molar-refractivity contribution is 6.30. The molecule has 92 valence electrons. The molecule has 2 fully saturated rings. The van der Waals surface area contributed by atoms with E-state index in [2.05, 4.69) is 24.4 Å². The van der Waals surface area contributed by atoms with E-state index in [-0.39, 0.29) is 0 Å². The SMILES string of the molecule is CCC1(c2ccc(Cl)cc2)CC1CNC1CC1. The first kappa shape index (κ1) is 11.6. The monoisotopic (exact) mass is 249 g/mol. The standard InChI is InChI=1S/C15H20ClN/c1-2-15(11-3-5-13(16)6-4-11)9-12(15)10-17-14-7-8-14/h3-6,12,14,17H,2,7-10H2,1H3. The van der Waals surface area contributed by atoms with Gasteiger partial charge in [-0.05, 0) is 61.3 Å². The molecule has 0 amide bonds. The van der Waals surface area contributed by atoms with E-state index in [9.17, 15) is 0 Å². The summed E-state index contributed by atoms with van der Waals surface area (Å²) in [6.45, 7) is 3.51. The fraction of sp³-hybridized carbons (Fsp3) is 0.600. The van der Waals surface area contributed by atoms with Gasteiger partial charge in [-0.1, -0.05) is 30.7 Å². The first-order valence-electron chi connectivity index (χ1n) is 6.74. The van der Waals surface area contributed by atoms with Gasteiger partial charge in [0.05, 0.1) is 0 Å². The molecule has 0 bridgehead atoms. The number of nitrogens with one attached hydrogen (secondary N) is 1. The molecule has 2 aliphatic carbocycles. The summed E-state index contributed by atoms with van der Waals surface area (Å²) in [4.78, 5) is 0. The molecular weight excluding hydrogens is 230 g/mol. The molecule has 0 spiro atoms. The first-order chi connectivity index (χ1) is 8.24. The number of rotatable bonds is 5. The highest BCUT2D eigenvalue weighted by Crippen LogP contribution is 2.56. The van der Waals surface area contributed by atoms with Crippen molar-refractivity contribution < 1.29 is 0 Å². The highest BCUT2D eigenvalue weighted by atomic mass is 35.5. The summed E-state index contributed by atoms with van der Waals surface area (Å²) >= 11 is 5.96. The Morgan fingerprint density at radius 3 is 2.59 bits per heavy atom. The van der Waals surface area contributed by atoms with E-state index in [1.54, 1.807) is 0 Å². The lowest BCUT2D eigenvalue weighted by Gasteiger charge is -2.16. The van der Waals surface area contributed by atoms with Crippen LogP contribution in [0.3, 0.4) is 0 Å². The summed E-state index contributed by atoms with van der Waals surface area (Å²) in [6, 6.07) is 9.30. The molecule has 2 atom stereocenters. The topological polar surface area (TPSA) is 12.0 Å². The number of hydrogen-bond donors (Lipinski definition) is 1. The van der Waals surface area contributed by atoms with Gasteiger partial charge in [0.2, 0.25) is 0 Å². The molecule has 17 heavy (non-hydrogen) atoms. The quantitative estimate of drug-likeness (QED) is 0.838. The zero-order chi connectivity index (χ0) is 11.9. The minimum absolute atomic E-state index is 0.437. The molecule has 2 aliphatic rings. The minimum Gasteiger partial charge on any atom is -0.314 e. The molecule has 0 aromatic heterocycles. The van der Waals surface area contributed by atoms with Crippen molar-refractivity contribution in [2.45, 2.75) is 44.1 Å². The lowest BCUT2D eigenvalue weighted by atomic mass is 9.90. The van der Waals surface area contributed by atoms with E-state index >= 15 is 0 Å². The predicted molar refractivity (Wildman–Crippen MR) is 72.6 cm³/mol. The second-order valence-electron chi connectivity index (χ2n) is 5.60. The molecular formula is C15H20ClN. The van der Waals surface area contributed by atoms with E-state index in [1.807, 2.05) is 12.1 Å². The summed E-state index contributed by atoms with van der Waals surface area (Å²) < 4.78 is 0. The third kappa shape index (κ3) is 2.23. The largest absolute Gasteiger partial charge is 0.314 e. The Labute approximate surface area is 109 Å². The van der Waals surface area contributed by atoms with E-state index < -0.39 is 0 Å². The third-order valence-corrected chi connectivity index (χ3v) is 4.76. The maximum Gasteiger partial charge on any atom is 0.0406 e. The third-order valence-electron chi connectivity index (χ3n) is 4.51. The Kier molecular flexibility index (Phi) is 2.92. The summed E-state index contributed by atoms with van der Waals surface area (Å²) in [5.74, 6) is 0.828. The number of halogens is 1. The summed E-state index contributed by atoms with van der Waals surface area (Å²) in [7, 11) is 0. The average Bonchev–Trinajstić information content (AvgIpc) is 3.23. The minimum atomic E-state index is 0.437. The van der Waals surface area contributed by atoms with Crippen LogP contribution >= 0.6 is 11.6 Å². The van der Waals surface area contributed by atoms with Gasteiger partial charge >= 0.3 is 0 Å². The van der Waals surface area contributed by atoms with Gasteiger partial charge in [0.1, 0.15) is 0 Å². The maximum atomic E-state index is 5.96. The van der Waals surface area contributed by atoms with Crippen molar-refractivity contribution in [1.29, 1.82) is 0 Å². The lowest BCUT2D eigenvalue weighted by Crippen LogP contribution is -2.23. The molecule has 3 rings (SSSR count). The molecule has 0 saturated heterocycles. The van der Waals surface area contributed by atoms with Gasteiger partial charge in [-0.2, -0.15) is 0 Å². The summed E-state index contributed by atoms with van der Waals surface area (Å²) in [6.07, 6.45) is 5.34. The molecule has 1 aromatic carbocycles. The zero-order valence-electron chi connectivity index (χ0n) is 10.4. The Bertz CT molecular complexity index is 396. The Balaban J connectivity index is 1.68. The van der Waals surface area contributed by atoms with Gasteiger partial charge < -0.3 is 5.32 Å². The van der Waals surface area contributed by atoms with Crippen LogP contribution in [0.5, 0.6) is 0 Å². The van der Waals surface area contributed by atoms with Crippen LogP contribution in [-0.2, 0) is 5.41 Å².